The van der Waals surface area contributed by atoms with Gasteiger partial charge in [-0.3, -0.25) is 14.2 Å². The second-order valence-corrected chi connectivity index (χ2v) is 12.8. The van der Waals surface area contributed by atoms with Crippen LogP contribution in [0.2, 0.25) is 0 Å². The molecular weight excluding hydrogens is 423 g/mol. The van der Waals surface area contributed by atoms with Crippen molar-refractivity contribution in [3.8, 4) is 0 Å². The predicted molar refractivity (Wildman–Crippen MR) is 130 cm³/mol. The van der Waals surface area contributed by atoms with Crippen LogP contribution in [0.25, 0.3) is 0 Å². The highest BCUT2D eigenvalue weighted by Gasteiger charge is 2.44. The largest absolute Gasteiger partial charge is 0.295 e. The average Bonchev–Trinajstić information content (AvgIpc) is 2.66. The van der Waals surface area contributed by atoms with E-state index in [0.717, 1.165) is 44.8 Å². The van der Waals surface area contributed by atoms with Crippen molar-refractivity contribution in [3.05, 3.63) is 99.1 Å². The Kier molecular flexibility index (Phi) is 6.73. The first-order chi connectivity index (χ1) is 14.5. The van der Waals surface area contributed by atoms with E-state index in [1.807, 2.05) is 84.0 Å². The number of carbonyl (C=O) groups is 2. The van der Waals surface area contributed by atoms with Gasteiger partial charge in [0, 0.05) is 16.0 Å². The van der Waals surface area contributed by atoms with E-state index in [1.54, 1.807) is 12.1 Å². The van der Waals surface area contributed by atoms with Crippen LogP contribution in [-0.2, 0) is 4.57 Å². The molecule has 0 heterocycles. The molecule has 0 spiro atoms. The van der Waals surface area contributed by atoms with Gasteiger partial charge in [0.05, 0.1) is 0 Å². The van der Waals surface area contributed by atoms with E-state index in [9.17, 15) is 14.2 Å². The van der Waals surface area contributed by atoms with E-state index in [-0.39, 0.29) is 0 Å². The van der Waals surface area contributed by atoms with Gasteiger partial charge in [0.25, 0.3) is 6.34 Å². The van der Waals surface area contributed by atoms with E-state index in [1.165, 1.54) is 0 Å². The molecule has 3 nitrogen and oxygen atoms in total. The van der Waals surface area contributed by atoms with Crippen LogP contribution in [0.1, 0.15) is 54.1 Å². The Morgan fingerprint density at radius 3 is 1.35 bits per heavy atom. The summed E-state index contributed by atoms with van der Waals surface area (Å²) in [5.41, 5.74) is 4.59. The van der Waals surface area contributed by atoms with Gasteiger partial charge in [-0.15, -0.1) is 0 Å². The maximum Gasteiger partial charge on any atom is 0.277 e. The lowest BCUT2D eigenvalue weighted by molar-refractivity contribution is 0.104. The van der Waals surface area contributed by atoms with Gasteiger partial charge in [-0.2, -0.15) is 0 Å². The number of benzene rings is 3. The Balaban J connectivity index is 2.23. The van der Waals surface area contributed by atoms with Crippen LogP contribution >= 0.6 is 17.7 Å². The lowest BCUT2D eigenvalue weighted by Gasteiger charge is -2.20. The number of carbonyl (C=O) groups excluding carboxylic acids is 2. The summed E-state index contributed by atoms with van der Waals surface area (Å²) in [7, 11) is 0. The minimum absolute atomic E-state index is 0.383. The molecule has 0 N–H and O–H groups in total. The minimum Gasteiger partial charge on any atom is -0.295 e. The second kappa shape index (κ2) is 8.98. The molecule has 0 bridgehead atoms. The molecule has 0 fully saturated rings. The lowest BCUT2D eigenvalue weighted by atomic mass is 10.0. The van der Waals surface area contributed by atoms with Crippen LogP contribution in [0.3, 0.4) is 0 Å². The fourth-order valence-corrected chi connectivity index (χ4v) is 8.66. The summed E-state index contributed by atoms with van der Waals surface area (Å²) < 4.78 is 14.4. The highest BCUT2D eigenvalue weighted by atomic mass is 32.7. The van der Waals surface area contributed by atoms with Crippen LogP contribution in [0.5, 0.6) is 0 Å². The van der Waals surface area contributed by atoms with E-state index in [4.69, 9.17) is 0 Å². The fourth-order valence-electron chi connectivity index (χ4n) is 4.13. The van der Waals surface area contributed by atoms with Gasteiger partial charge in [-0.1, -0.05) is 53.6 Å². The molecule has 0 saturated carbocycles. The third-order valence-corrected chi connectivity index (χ3v) is 9.95. The summed E-state index contributed by atoms with van der Waals surface area (Å²) in [6, 6.07) is 16.6. The quantitative estimate of drug-likeness (QED) is 0.363. The average molecular weight is 451 g/mol. The molecule has 31 heavy (non-hydrogen) atoms. The molecule has 0 aliphatic heterocycles. The van der Waals surface area contributed by atoms with Gasteiger partial charge in [-0.05, 0) is 87.3 Å². The first-order valence-electron chi connectivity index (χ1n) is 10.1. The van der Waals surface area contributed by atoms with E-state index in [2.05, 4.69) is 0 Å². The highest BCUT2D eigenvalue weighted by molar-refractivity contribution is 8.67. The maximum absolute atomic E-state index is 14.4. The minimum atomic E-state index is -4.07. The molecular formula is C26H27O3PS. The number of hydrogen-bond acceptors (Lipinski definition) is 4. The van der Waals surface area contributed by atoms with Gasteiger partial charge in [0.2, 0.25) is 11.0 Å². The SMILES string of the molecule is Cc1cc(C)c(C(=O)P(=O)(Sc2ccccc2)C(=O)c2c(C)cc(C)cc2C)c(C)c1. The molecule has 0 aromatic heterocycles. The zero-order valence-electron chi connectivity index (χ0n) is 18.8. The molecule has 3 rings (SSSR count). The second-order valence-electron chi connectivity index (χ2n) is 8.11. The van der Waals surface area contributed by atoms with Crippen LogP contribution in [0.4, 0.5) is 0 Å². The molecule has 160 valence electrons. The molecule has 0 atom stereocenters. The standard InChI is InChI=1S/C26H27O3PS/c1-16-12-18(3)23(19(4)13-16)25(27)30(29,31-22-10-8-7-9-11-22)26(28)24-20(5)14-17(2)15-21(24)6/h7-15H,1-6H3. The van der Waals surface area contributed by atoms with Gasteiger partial charge in [0.15, 0.2) is 0 Å². The first-order valence-corrected chi connectivity index (χ1v) is 13.3. The van der Waals surface area contributed by atoms with Crippen LogP contribution in [0, 0.1) is 41.5 Å². The topological polar surface area (TPSA) is 51.2 Å². The maximum atomic E-state index is 14.4. The summed E-state index contributed by atoms with van der Waals surface area (Å²) in [6.07, 6.45) is -4.07. The van der Waals surface area contributed by atoms with Crippen molar-refractivity contribution >= 4 is 28.8 Å². The molecule has 0 aliphatic rings. The fraction of sp³-hybridized carbons (Fsp3) is 0.231. The van der Waals surface area contributed by atoms with E-state index in [0.29, 0.717) is 16.0 Å². The van der Waals surface area contributed by atoms with Crippen molar-refractivity contribution in [3.63, 3.8) is 0 Å². The van der Waals surface area contributed by atoms with Crippen LogP contribution in [0.15, 0.2) is 59.5 Å². The van der Waals surface area contributed by atoms with Gasteiger partial charge >= 0.3 is 0 Å². The Morgan fingerprint density at radius 2 is 1.00 bits per heavy atom. The zero-order valence-corrected chi connectivity index (χ0v) is 20.5. The third kappa shape index (κ3) is 4.61. The van der Waals surface area contributed by atoms with E-state index >= 15 is 0 Å². The summed E-state index contributed by atoms with van der Waals surface area (Å²) in [5.74, 6) is 0. The van der Waals surface area contributed by atoms with Crippen molar-refractivity contribution in [2.45, 2.75) is 46.4 Å². The molecule has 0 amide bonds. The molecule has 0 radical (unpaired) electrons. The summed E-state index contributed by atoms with van der Waals surface area (Å²) in [5, 5.41) is 0. The van der Waals surface area contributed by atoms with Crippen LogP contribution in [-0.4, -0.2) is 11.0 Å². The Bertz CT molecular complexity index is 1110. The Hall–Kier alpha value is -2.42. The monoisotopic (exact) mass is 450 g/mol. The van der Waals surface area contributed by atoms with Gasteiger partial charge < -0.3 is 0 Å². The van der Waals surface area contributed by atoms with Gasteiger partial charge in [0.1, 0.15) is 0 Å². The summed E-state index contributed by atoms with van der Waals surface area (Å²) in [4.78, 5) is 28.3. The molecule has 0 saturated heterocycles. The van der Waals surface area contributed by atoms with Crippen molar-refractivity contribution in [1.29, 1.82) is 0 Å². The molecule has 3 aromatic carbocycles. The summed E-state index contributed by atoms with van der Waals surface area (Å²) >= 11 is 0.897. The Labute approximate surface area is 188 Å². The number of aryl methyl sites for hydroxylation is 6. The van der Waals surface area contributed by atoms with Gasteiger partial charge in [-0.25, -0.2) is 0 Å². The lowest BCUT2D eigenvalue weighted by Crippen LogP contribution is -2.13. The van der Waals surface area contributed by atoms with Crippen molar-refractivity contribution in [1.82, 2.24) is 0 Å². The zero-order chi connectivity index (χ0) is 22.9. The van der Waals surface area contributed by atoms with Crippen molar-refractivity contribution < 1.29 is 14.2 Å². The van der Waals surface area contributed by atoms with Crippen molar-refractivity contribution in [2.75, 3.05) is 0 Å². The van der Waals surface area contributed by atoms with Crippen molar-refractivity contribution in [2.24, 2.45) is 0 Å². The number of rotatable bonds is 6. The molecule has 3 aromatic rings. The smallest absolute Gasteiger partial charge is 0.277 e. The third-order valence-electron chi connectivity index (χ3n) is 5.29. The van der Waals surface area contributed by atoms with E-state index < -0.39 is 17.4 Å². The highest BCUT2D eigenvalue weighted by Crippen LogP contribution is 2.66. The first kappa shape index (κ1) is 23.2. The Morgan fingerprint density at radius 1 is 0.645 bits per heavy atom. The van der Waals surface area contributed by atoms with Crippen LogP contribution < -0.4 is 0 Å². The number of hydrogen-bond donors (Lipinski definition) is 0. The molecule has 5 heteroatoms. The summed E-state index contributed by atoms with van der Waals surface area (Å²) in [6.45, 7) is 11.2. The normalized spacial score (nSPS) is 11.4. The predicted octanol–water partition coefficient (Wildman–Crippen LogP) is 7.59. The molecule has 0 aliphatic carbocycles. The molecule has 0 unspecified atom stereocenters.